The largest absolute Gasteiger partial charge is 0.395 e. The molecule has 0 bridgehead atoms. The Morgan fingerprint density at radius 3 is 2.45 bits per heavy atom. The van der Waals surface area contributed by atoms with Crippen LogP contribution in [-0.4, -0.2) is 45.8 Å². The molecule has 2 aromatic heterocycles. The minimum absolute atomic E-state index is 0.127. The molecule has 0 aliphatic carbocycles. The molecule has 5 nitrogen and oxygen atoms in total. The van der Waals surface area contributed by atoms with Crippen LogP contribution in [0.15, 0.2) is 53.5 Å². The fourth-order valence-electron chi connectivity index (χ4n) is 5.19. The van der Waals surface area contributed by atoms with Crippen molar-refractivity contribution in [2.24, 2.45) is 0 Å². The van der Waals surface area contributed by atoms with E-state index in [9.17, 15) is 14.3 Å². The highest BCUT2D eigenvalue weighted by molar-refractivity contribution is 7.15. The Hall–Kier alpha value is -2.91. The van der Waals surface area contributed by atoms with Gasteiger partial charge in [0.05, 0.1) is 27.9 Å². The normalized spacial score (nSPS) is 14.8. The van der Waals surface area contributed by atoms with Crippen LogP contribution in [0.1, 0.15) is 34.9 Å². The van der Waals surface area contributed by atoms with E-state index < -0.39 is 11.6 Å². The number of aliphatic hydroxyl groups is 1. The molecule has 0 spiro atoms. The van der Waals surface area contributed by atoms with Gasteiger partial charge in [-0.2, -0.15) is 0 Å². The number of thiazole rings is 1. The summed E-state index contributed by atoms with van der Waals surface area (Å²) in [7, 11) is 0. The third kappa shape index (κ3) is 5.31. The van der Waals surface area contributed by atoms with Crippen LogP contribution in [0, 0.1) is 25.5 Å². The second-order valence-electron chi connectivity index (χ2n) is 9.71. The molecule has 1 aliphatic rings. The van der Waals surface area contributed by atoms with Gasteiger partial charge in [-0.25, -0.2) is 13.8 Å². The minimum atomic E-state index is -0.656. The number of halogens is 3. The summed E-state index contributed by atoms with van der Waals surface area (Å²) in [6.07, 6.45) is 3.49. The van der Waals surface area contributed by atoms with E-state index in [0.717, 1.165) is 53.8 Å². The van der Waals surface area contributed by atoms with Crippen LogP contribution in [0.4, 0.5) is 8.78 Å². The Morgan fingerprint density at radius 1 is 1.08 bits per heavy atom. The Labute approximate surface area is 229 Å². The van der Waals surface area contributed by atoms with E-state index >= 15 is 4.39 Å². The molecular formula is C29H28ClF2N3O2S. The molecule has 1 N–H and O–H groups in total. The van der Waals surface area contributed by atoms with Crippen molar-refractivity contribution in [3.05, 3.63) is 91.8 Å². The van der Waals surface area contributed by atoms with Gasteiger partial charge in [-0.3, -0.25) is 9.36 Å². The summed E-state index contributed by atoms with van der Waals surface area (Å²) in [5.41, 5.74) is 3.74. The second kappa shape index (κ2) is 11.1. The number of aryl methyl sites for hydroxylation is 2. The van der Waals surface area contributed by atoms with Crippen molar-refractivity contribution in [3.8, 4) is 27.4 Å². The predicted octanol–water partition coefficient (Wildman–Crippen LogP) is 6.35. The van der Waals surface area contributed by atoms with Crippen molar-refractivity contribution in [2.45, 2.75) is 32.6 Å². The molecule has 0 atom stereocenters. The van der Waals surface area contributed by atoms with Crippen LogP contribution in [0.25, 0.3) is 27.4 Å². The maximum absolute atomic E-state index is 15.0. The Balaban J connectivity index is 1.63. The summed E-state index contributed by atoms with van der Waals surface area (Å²) in [5, 5.41) is 10.7. The summed E-state index contributed by atoms with van der Waals surface area (Å²) < 4.78 is 30.3. The Kier molecular flexibility index (Phi) is 7.77. The van der Waals surface area contributed by atoms with Gasteiger partial charge in [0.2, 0.25) is 0 Å². The number of hydrogen-bond donors (Lipinski definition) is 1. The molecular weight excluding hydrogens is 528 g/mol. The lowest BCUT2D eigenvalue weighted by Gasteiger charge is -2.30. The van der Waals surface area contributed by atoms with Crippen molar-refractivity contribution in [1.82, 2.24) is 14.5 Å². The Morgan fingerprint density at radius 2 is 1.79 bits per heavy atom. The van der Waals surface area contributed by atoms with Gasteiger partial charge in [0.1, 0.15) is 11.6 Å². The molecule has 5 rings (SSSR count). The van der Waals surface area contributed by atoms with Crippen molar-refractivity contribution < 1.29 is 13.9 Å². The molecule has 4 aromatic rings. The minimum Gasteiger partial charge on any atom is -0.395 e. The van der Waals surface area contributed by atoms with Crippen molar-refractivity contribution in [1.29, 1.82) is 0 Å². The summed E-state index contributed by atoms with van der Waals surface area (Å²) in [6.45, 7) is 6.27. The maximum atomic E-state index is 15.0. The molecule has 0 saturated carbocycles. The molecule has 1 aliphatic heterocycles. The maximum Gasteiger partial charge on any atom is 0.255 e. The van der Waals surface area contributed by atoms with Crippen LogP contribution < -0.4 is 5.56 Å². The fraction of sp³-hybridized carbons (Fsp3) is 0.310. The summed E-state index contributed by atoms with van der Waals surface area (Å²) in [6, 6.07) is 10.4. The van der Waals surface area contributed by atoms with Crippen LogP contribution in [0.2, 0.25) is 5.02 Å². The number of rotatable bonds is 6. The SMILES string of the molecule is Cc1cc(Cl)cc(C)c1-n1cc(-c2nc(C3CCN(CCO)CC3)sc2-c2ccc(F)cc2F)ccc1=O. The molecule has 38 heavy (non-hydrogen) atoms. The van der Waals surface area contributed by atoms with E-state index in [1.807, 2.05) is 26.0 Å². The molecule has 0 amide bonds. The summed E-state index contributed by atoms with van der Waals surface area (Å²) >= 11 is 7.64. The van der Waals surface area contributed by atoms with Gasteiger partial charge in [-0.05, 0) is 81.2 Å². The van der Waals surface area contributed by atoms with Crippen LogP contribution in [0.3, 0.4) is 0 Å². The lowest BCUT2D eigenvalue weighted by molar-refractivity contribution is 0.164. The van der Waals surface area contributed by atoms with Gasteiger partial charge in [-0.15, -0.1) is 11.3 Å². The number of nitrogens with zero attached hydrogens (tertiary/aromatic N) is 3. The molecule has 1 saturated heterocycles. The summed E-state index contributed by atoms with van der Waals surface area (Å²) in [4.78, 5) is 20.8. The quantitative estimate of drug-likeness (QED) is 0.301. The summed E-state index contributed by atoms with van der Waals surface area (Å²) in [5.74, 6) is -1.11. The lowest BCUT2D eigenvalue weighted by Crippen LogP contribution is -2.34. The third-order valence-corrected chi connectivity index (χ3v) is 8.52. The number of likely N-dealkylation sites (tertiary alicyclic amines) is 1. The van der Waals surface area contributed by atoms with E-state index in [2.05, 4.69) is 4.90 Å². The topological polar surface area (TPSA) is 58.4 Å². The van der Waals surface area contributed by atoms with Gasteiger partial charge >= 0.3 is 0 Å². The zero-order chi connectivity index (χ0) is 27.0. The smallest absolute Gasteiger partial charge is 0.255 e. The zero-order valence-electron chi connectivity index (χ0n) is 21.2. The van der Waals surface area contributed by atoms with Crippen LogP contribution in [-0.2, 0) is 0 Å². The Bertz CT molecular complexity index is 1520. The van der Waals surface area contributed by atoms with Gasteiger partial charge in [0, 0.05) is 46.9 Å². The van der Waals surface area contributed by atoms with Gasteiger partial charge in [-0.1, -0.05) is 11.6 Å². The van der Waals surface area contributed by atoms with E-state index in [-0.39, 0.29) is 23.6 Å². The number of β-amino-alcohol motifs (C(OH)–C–C–N with tert-alkyl or cyclic N) is 1. The monoisotopic (exact) mass is 555 g/mol. The molecule has 9 heteroatoms. The molecule has 0 radical (unpaired) electrons. The highest BCUT2D eigenvalue weighted by Gasteiger charge is 2.26. The molecule has 2 aromatic carbocycles. The first-order chi connectivity index (χ1) is 18.2. The average molecular weight is 556 g/mol. The number of piperidine rings is 1. The first kappa shape index (κ1) is 26.7. The zero-order valence-corrected chi connectivity index (χ0v) is 22.8. The highest BCUT2D eigenvalue weighted by atomic mass is 35.5. The highest BCUT2D eigenvalue weighted by Crippen LogP contribution is 2.42. The second-order valence-corrected chi connectivity index (χ2v) is 11.2. The van der Waals surface area contributed by atoms with Crippen molar-refractivity contribution in [2.75, 3.05) is 26.2 Å². The number of benzene rings is 2. The predicted molar refractivity (Wildman–Crippen MR) is 148 cm³/mol. The van der Waals surface area contributed by atoms with E-state index in [1.165, 1.54) is 29.5 Å². The first-order valence-electron chi connectivity index (χ1n) is 12.5. The van der Waals surface area contributed by atoms with Crippen molar-refractivity contribution in [3.63, 3.8) is 0 Å². The number of aromatic nitrogens is 2. The van der Waals surface area contributed by atoms with E-state index in [1.54, 1.807) is 16.8 Å². The number of hydrogen-bond acceptors (Lipinski definition) is 5. The average Bonchev–Trinajstić information content (AvgIpc) is 3.30. The van der Waals surface area contributed by atoms with Gasteiger partial charge in [0.15, 0.2) is 0 Å². The standard InChI is InChI=1S/C29H28ClF2N3O2S/c1-17-13-21(30)14-18(2)27(17)35-16-20(3-6-25(35)37)26-28(23-5-4-22(31)15-24(23)32)38-29(33-26)19-7-9-34(10-8-19)11-12-36/h3-6,13-16,19,36H,7-12H2,1-2H3. The molecule has 1 fully saturated rings. The fourth-order valence-corrected chi connectivity index (χ4v) is 6.80. The third-order valence-electron chi connectivity index (χ3n) is 7.05. The van der Waals surface area contributed by atoms with E-state index in [4.69, 9.17) is 16.6 Å². The number of aliphatic hydroxyl groups excluding tert-OH is 1. The first-order valence-corrected chi connectivity index (χ1v) is 13.7. The molecule has 3 heterocycles. The molecule has 198 valence electrons. The van der Waals surface area contributed by atoms with Crippen LogP contribution >= 0.6 is 22.9 Å². The van der Waals surface area contributed by atoms with Crippen molar-refractivity contribution >= 4 is 22.9 Å². The van der Waals surface area contributed by atoms with Crippen LogP contribution in [0.5, 0.6) is 0 Å². The van der Waals surface area contributed by atoms with Gasteiger partial charge in [0.25, 0.3) is 5.56 Å². The van der Waals surface area contributed by atoms with Gasteiger partial charge < -0.3 is 10.0 Å². The van der Waals surface area contributed by atoms with E-state index in [0.29, 0.717) is 27.7 Å². The molecule has 0 unspecified atom stereocenters. The number of pyridine rings is 1. The lowest BCUT2D eigenvalue weighted by atomic mass is 9.97.